The third-order valence-corrected chi connectivity index (χ3v) is 6.74. The molecule has 0 saturated carbocycles. The summed E-state index contributed by atoms with van der Waals surface area (Å²) in [5.74, 6) is -0.0637. The minimum absolute atomic E-state index is 0.126. The highest BCUT2D eigenvalue weighted by atomic mass is 35.6. The summed E-state index contributed by atoms with van der Waals surface area (Å²) >= 11 is 19.5. The first-order valence-corrected chi connectivity index (χ1v) is 12.4. The molecular weight excluding hydrogens is 529 g/mol. The fraction of sp³-hybridized carbons (Fsp3) is 0.0800. The predicted molar refractivity (Wildman–Crippen MR) is 141 cm³/mol. The molecule has 1 N–H and O–H groups in total. The molecule has 6 nitrogen and oxygen atoms in total. The lowest BCUT2D eigenvalue weighted by Crippen LogP contribution is -2.47. The first kappa shape index (κ1) is 23.6. The lowest BCUT2D eigenvalue weighted by Gasteiger charge is -2.26. The first-order valence-electron chi connectivity index (χ1n) is 10.4. The van der Waals surface area contributed by atoms with Crippen molar-refractivity contribution in [2.24, 2.45) is 0 Å². The van der Waals surface area contributed by atoms with Crippen LogP contribution in [0.15, 0.2) is 83.7 Å². The molecule has 5 aromatic rings. The van der Waals surface area contributed by atoms with Gasteiger partial charge in [0.05, 0.1) is 15.6 Å². The summed E-state index contributed by atoms with van der Waals surface area (Å²) in [7, 11) is 0. The zero-order valence-electron chi connectivity index (χ0n) is 17.8. The van der Waals surface area contributed by atoms with Gasteiger partial charge in [0.15, 0.2) is 4.96 Å². The summed E-state index contributed by atoms with van der Waals surface area (Å²) in [5, 5.41) is 2.60. The van der Waals surface area contributed by atoms with E-state index in [2.05, 4.69) is 10.3 Å². The number of thiazole rings is 1. The number of halogens is 3. The molecule has 0 radical (unpaired) electrons. The number of carbonyl (C=O) groups is 1. The normalized spacial score (nSPS) is 13.3. The average Bonchev–Trinajstić information content (AvgIpc) is 3.35. The second-order valence-corrected chi connectivity index (χ2v) is 11.0. The summed E-state index contributed by atoms with van der Waals surface area (Å²) in [5.41, 5.74) is 2.62. The van der Waals surface area contributed by atoms with Crippen LogP contribution in [-0.2, 0) is 0 Å². The van der Waals surface area contributed by atoms with Gasteiger partial charge < -0.3 is 10.1 Å². The van der Waals surface area contributed by atoms with E-state index in [1.165, 1.54) is 11.3 Å². The summed E-state index contributed by atoms with van der Waals surface area (Å²) in [6, 6.07) is 22.9. The third-order valence-electron chi connectivity index (χ3n) is 5.17. The van der Waals surface area contributed by atoms with Crippen LogP contribution in [0.25, 0.3) is 22.1 Å². The van der Waals surface area contributed by atoms with Gasteiger partial charge in [-0.15, -0.1) is 0 Å². The van der Waals surface area contributed by atoms with Crippen LogP contribution in [0.4, 0.5) is 0 Å². The molecule has 0 fully saturated rings. The summed E-state index contributed by atoms with van der Waals surface area (Å²) in [4.78, 5) is 30.6. The molecule has 3 aromatic carbocycles. The van der Waals surface area contributed by atoms with E-state index in [4.69, 9.17) is 39.5 Å². The van der Waals surface area contributed by atoms with Gasteiger partial charge in [-0.3, -0.25) is 9.59 Å². The number of carbonyl (C=O) groups excluding carboxylic acids is 1. The van der Waals surface area contributed by atoms with Gasteiger partial charge in [0.2, 0.25) is 10.0 Å². The van der Waals surface area contributed by atoms with Crippen LogP contribution >= 0.6 is 46.1 Å². The van der Waals surface area contributed by atoms with Crippen molar-refractivity contribution in [3.8, 4) is 5.75 Å². The van der Waals surface area contributed by atoms with Crippen molar-refractivity contribution in [1.29, 1.82) is 0 Å². The van der Waals surface area contributed by atoms with Crippen LogP contribution in [0.2, 0.25) is 0 Å². The number of hydrogen-bond acceptors (Lipinski definition) is 5. The second-order valence-electron chi connectivity index (χ2n) is 7.58. The van der Waals surface area contributed by atoms with Crippen molar-refractivity contribution in [2.45, 2.75) is 10.0 Å². The van der Waals surface area contributed by atoms with Gasteiger partial charge in [-0.25, -0.2) is 9.38 Å². The number of ether oxygens (including phenoxy) is 1. The molecular formula is C25H16Cl3N3O3S. The van der Waals surface area contributed by atoms with Gasteiger partial charge in [-0.2, -0.15) is 0 Å². The Labute approximate surface area is 218 Å². The van der Waals surface area contributed by atoms with E-state index >= 15 is 0 Å². The molecule has 2 aromatic heterocycles. The summed E-state index contributed by atoms with van der Waals surface area (Å²) < 4.78 is 6.03. The molecule has 0 aliphatic rings. The fourth-order valence-electron chi connectivity index (χ4n) is 3.51. The first-order chi connectivity index (χ1) is 16.8. The molecule has 2 heterocycles. The van der Waals surface area contributed by atoms with Gasteiger partial charge in [0, 0.05) is 5.56 Å². The Balaban J connectivity index is 1.38. The van der Waals surface area contributed by atoms with Crippen LogP contribution in [-0.4, -0.2) is 25.3 Å². The van der Waals surface area contributed by atoms with Crippen LogP contribution in [0.5, 0.6) is 5.75 Å². The Morgan fingerprint density at radius 1 is 1.00 bits per heavy atom. The summed E-state index contributed by atoms with van der Waals surface area (Å²) in [6.45, 7) is 0. The molecule has 0 bridgehead atoms. The molecule has 0 aliphatic carbocycles. The largest absolute Gasteiger partial charge is 0.466 e. The monoisotopic (exact) mass is 543 g/mol. The van der Waals surface area contributed by atoms with Gasteiger partial charge in [-0.1, -0.05) is 88.6 Å². The number of fused-ring (bicyclic) bond motifs is 3. The Bertz CT molecular complexity index is 1630. The number of aromatic nitrogens is 2. The highest BCUT2D eigenvalue weighted by Gasteiger charge is 2.36. The van der Waals surface area contributed by atoms with Crippen LogP contribution < -0.4 is 20.1 Å². The lowest BCUT2D eigenvalue weighted by atomic mass is 10.2. The number of para-hydroxylation sites is 2. The quantitative estimate of drug-likeness (QED) is 0.251. The van der Waals surface area contributed by atoms with Gasteiger partial charge in [0.1, 0.15) is 5.75 Å². The summed E-state index contributed by atoms with van der Waals surface area (Å²) in [6.07, 6.45) is 0.547. The van der Waals surface area contributed by atoms with Gasteiger partial charge >= 0.3 is 0 Å². The lowest BCUT2D eigenvalue weighted by molar-refractivity contribution is 0.0833. The number of benzene rings is 3. The molecule has 5 rings (SSSR count). The van der Waals surface area contributed by atoms with E-state index in [1.807, 2.05) is 24.3 Å². The third kappa shape index (κ3) is 4.99. The number of nitrogens with one attached hydrogen (secondary N) is 1. The standard InChI is InChI=1S/C25H16Cl3N3O3S/c26-25(27,28)23(30-21(32)16-6-2-1-3-7-16)34-17-12-10-15(11-13-17)14-20-22(33)31-19-9-5-4-8-18(19)29-24(31)35-20/h1-14,23H,(H,30,32)/b20-14-/t23-/m1/s1. The number of rotatable bonds is 5. The van der Waals surface area contributed by atoms with E-state index in [0.717, 1.165) is 16.6 Å². The van der Waals surface area contributed by atoms with E-state index < -0.39 is 15.9 Å². The topological polar surface area (TPSA) is 72.7 Å². The highest BCUT2D eigenvalue weighted by Crippen LogP contribution is 2.32. The van der Waals surface area contributed by atoms with Crippen molar-refractivity contribution in [1.82, 2.24) is 14.7 Å². The van der Waals surface area contributed by atoms with E-state index in [9.17, 15) is 9.59 Å². The zero-order valence-corrected chi connectivity index (χ0v) is 20.9. The minimum atomic E-state index is -1.92. The zero-order chi connectivity index (χ0) is 24.6. The number of alkyl halides is 3. The molecule has 0 saturated heterocycles. The van der Waals surface area contributed by atoms with Gasteiger partial charge in [0.25, 0.3) is 11.5 Å². The van der Waals surface area contributed by atoms with E-state index in [0.29, 0.717) is 20.8 Å². The predicted octanol–water partition coefficient (Wildman–Crippen LogP) is 4.96. The van der Waals surface area contributed by atoms with Crippen molar-refractivity contribution in [2.75, 3.05) is 0 Å². The molecule has 10 heteroatoms. The Morgan fingerprint density at radius 2 is 1.69 bits per heavy atom. The number of amides is 1. The SMILES string of the molecule is O=C(N[C@H](Oc1ccc(/C=c2\sc3nc4ccccc4n3c2=O)cc1)C(Cl)(Cl)Cl)c1ccccc1. The molecule has 0 unspecified atom stereocenters. The molecule has 1 amide bonds. The number of nitrogens with zero attached hydrogens (tertiary/aromatic N) is 2. The molecule has 176 valence electrons. The van der Waals surface area contributed by atoms with Gasteiger partial charge in [-0.05, 0) is 48.0 Å². The maximum absolute atomic E-state index is 12.9. The Hall–Kier alpha value is -3.10. The van der Waals surface area contributed by atoms with Crippen molar-refractivity contribution in [3.05, 3.63) is 105 Å². The maximum atomic E-state index is 12.9. The molecule has 0 spiro atoms. The molecule has 0 aliphatic heterocycles. The van der Waals surface area contributed by atoms with E-state index in [-0.39, 0.29) is 5.56 Å². The Kier molecular flexibility index (Phi) is 6.42. The average molecular weight is 545 g/mol. The number of imidazole rings is 1. The fourth-order valence-corrected chi connectivity index (χ4v) is 4.80. The Morgan fingerprint density at radius 3 is 2.40 bits per heavy atom. The molecule has 1 atom stereocenters. The smallest absolute Gasteiger partial charge is 0.274 e. The van der Waals surface area contributed by atoms with Crippen LogP contribution in [0, 0.1) is 0 Å². The van der Waals surface area contributed by atoms with Crippen molar-refractivity contribution in [3.63, 3.8) is 0 Å². The van der Waals surface area contributed by atoms with Crippen molar-refractivity contribution < 1.29 is 9.53 Å². The van der Waals surface area contributed by atoms with Crippen molar-refractivity contribution >= 4 is 74.1 Å². The second kappa shape index (κ2) is 9.51. The highest BCUT2D eigenvalue weighted by molar-refractivity contribution is 7.15. The van der Waals surface area contributed by atoms with E-state index in [1.54, 1.807) is 65.1 Å². The molecule has 35 heavy (non-hydrogen) atoms. The van der Waals surface area contributed by atoms with Crippen LogP contribution in [0.3, 0.4) is 0 Å². The number of hydrogen-bond donors (Lipinski definition) is 1. The maximum Gasteiger partial charge on any atom is 0.274 e. The minimum Gasteiger partial charge on any atom is -0.466 e. The van der Waals surface area contributed by atoms with Crippen LogP contribution in [0.1, 0.15) is 15.9 Å².